The summed E-state index contributed by atoms with van der Waals surface area (Å²) in [5.41, 5.74) is 3.77. The second-order valence-electron chi connectivity index (χ2n) is 5.22. The van der Waals surface area contributed by atoms with Gasteiger partial charge in [0, 0.05) is 19.6 Å². The van der Waals surface area contributed by atoms with Crippen molar-refractivity contribution in [2.24, 2.45) is 0 Å². The third kappa shape index (κ3) is 3.14. The van der Waals surface area contributed by atoms with Gasteiger partial charge in [0.25, 0.3) is 0 Å². The van der Waals surface area contributed by atoms with Crippen LogP contribution < -0.4 is 0 Å². The van der Waals surface area contributed by atoms with Gasteiger partial charge >= 0.3 is 0 Å². The lowest BCUT2D eigenvalue weighted by molar-refractivity contribution is 0.296. The molecule has 0 amide bonds. The average molecular weight is 267 g/mol. The van der Waals surface area contributed by atoms with Crippen molar-refractivity contribution in [3.63, 3.8) is 0 Å². The molecule has 2 aromatic carbocycles. The standard InChI is InChI=1S/C18H18FN/c19-18-10-8-16(9-11-18)17-7-4-12-20(14-17)13-15-5-2-1-3-6-15/h1-3,5-11H,4,12-14H2. The Morgan fingerprint density at radius 1 is 0.950 bits per heavy atom. The average Bonchev–Trinajstić information content (AvgIpc) is 2.49. The van der Waals surface area contributed by atoms with Gasteiger partial charge in [-0.25, -0.2) is 4.39 Å². The van der Waals surface area contributed by atoms with Gasteiger partial charge in [0.1, 0.15) is 5.82 Å². The zero-order valence-corrected chi connectivity index (χ0v) is 11.4. The molecule has 0 atom stereocenters. The van der Waals surface area contributed by atoms with Crippen molar-refractivity contribution >= 4 is 5.57 Å². The van der Waals surface area contributed by atoms with E-state index in [0.29, 0.717) is 0 Å². The highest BCUT2D eigenvalue weighted by atomic mass is 19.1. The Hall–Kier alpha value is -1.93. The Kier molecular flexibility index (Phi) is 3.93. The summed E-state index contributed by atoms with van der Waals surface area (Å²) in [6.45, 7) is 2.99. The first-order chi connectivity index (χ1) is 9.81. The second-order valence-corrected chi connectivity index (χ2v) is 5.22. The molecular weight excluding hydrogens is 249 g/mol. The van der Waals surface area contributed by atoms with Gasteiger partial charge < -0.3 is 0 Å². The molecule has 0 aliphatic carbocycles. The molecule has 2 heteroatoms. The number of rotatable bonds is 3. The van der Waals surface area contributed by atoms with Crippen LogP contribution in [0, 0.1) is 5.82 Å². The van der Waals surface area contributed by atoms with Gasteiger partial charge in [-0.05, 0) is 35.3 Å². The van der Waals surface area contributed by atoms with Crippen molar-refractivity contribution in [2.75, 3.05) is 13.1 Å². The highest BCUT2D eigenvalue weighted by Crippen LogP contribution is 2.22. The summed E-state index contributed by atoms with van der Waals surface area (Å²) in [6.07, 6.45) is 3.33. The fourth-order valence-corrected chi connectivity index (χ4v) is 2.66. The van der Waals surface area contributed by atoms with Crippen LogP contribution in [0.2, 0.25) is 0 Å². The fraction of sp³-hybridized carbons (Fsp3) is 0.222. The molecule has 1 nitrogen and oxygen atoms in total. The summed E-state index contributed by atoms with van der Waals surface area (Å²) in [5.74, 6) is -0.175. The summed E-state index contributed by atoms with van der Waals surface area (Å²) in [6, 6.07) is 17.3. The van der Waals surface area contributed by atoms with E-state index in [4.69, 9.17) is 0 Å². The summed E-state index contributed by atoms with van der Waals surface area (Å²) >= 11 is 0. The molecule has 0 bridgehead atoms. The SMILES string of the molecule is Fc1ccc(C2=CCCN(Cc3ccccc3)C2)cc1. The zero-order valence-electron chi connectivity index (χ0n) is 11.4. The van der Waals surface area contributed by atoms with Crippen molar-refractivity contribution in [2.45, 2.75) is 13.0 Å². The number of nitrogens with zero attached hydrogens (tertiary/aromatic N) is 1. The third-order valence-electron chi connectivity index (χ3n) is 3.69. The van der Waals surface area contributed by atoms with E-state index in [2.05, 4.69) is 35.2 Å². The highest BCUT2D eigenvalue weighted by molar-refractivity contribution is 5.67. The van der Waals surface area contributed by atoms with Gasteiger partial charge in [-0.2, -0.15) is 0 Å². The number of hydrogen-bond donors (Lipinski definition) is 0. The highest BCUT2D eigenvalue weighted by Gasteiger charge is 2.14. The minimum Gasteiger partial charge on any atom is -0.295 e. The van der Waals surface area contributed by atoms with E-state index >= 15 is 0 Å². The molecule has 1 heterocycles. The molecule has 1 aliphatic heterocycles. The van der Waals surface area contributed by atoms with Crippen molar-refractivity contribution in [1.29, 1.82) is 0 Å². The van der Waals surface area contributed by atoms with Crippen LogP contribution in [0.4, 0.5) is 4.39 Å². The van der Waals surface area contributed by atoms with Crippen molar-refractivity contribution in [1.82, 2.24) is 4.90 Å². The Labute approximate surface area is 119 Å². The molecule has 3 rings (SSSR count). The molecule has 2 aromatic rings. The van der Waals surface area contributed by atoms with Gasteiger partial charge in [0.05, 0.1) is 0 Å². The van der Waals surface area contributed by atoms with E-state index in [-0.39, 0.29) is 5.82 Å². The van der Waals surface area contributed by atoms with Crippen LogP contribution in [0.5, 0.6) is 0 Å². The third-order valence-corrected chi connectivity index (χ3v) is 3.69. The maximum atomic E-state index is 13.0. The molecule has 0 radical (unpaired) electrons. The maximum Gasteiger partial charge on any atom is 0.123 e. The van der Waals surface area contributed by atoms with Crippen molar-refractivity contribution in [3.8, 4) is 0 Å². The Morgan fingerprint density at radius 3 is 2.45 bits per heavy atom. The molecule has 102 valence electrons. The van der Waals surface area contributed by atoms with Crippen LogP contribution >= 0.6 is 0 Å². The van der Waals surface area contributed by atoms with Crippen molar-refractivity contribution < 1.29 is 4.39 Å². The summed E-state index contributed by atoms with van der Waals surface area (Å²) in [5, 5.41) is 0. The van der Waals surface area contributed by atoms with Gasteiger partial charge in [-0.3, -0.25) is 4.90 Å². The van der Waals surface area contributed by atoms with Gasteiger partial charge in [0.2, 0.25) is 0 Å². The van der Waals surface area contributed by atoms with E-state index in [1.807, 2.05) is 18.2 Å². The Balaban J connectivity index is 1.70. The predicted molar refractivity (Wildman–Crippen MR) is 80.7 cm³/mol. The summed E-state index contributed by atoms with van der Waals surface area (Å²) in [7, 11) is 0. The van der Waals surface area contributed by atoms with E-state index < -0.39 is 0 Å². The molecule has 0 fully saturated rings. The lowest BCUT2D eigenvalue weighted by Crippen LogP contribution is -2.29. The monoisotopic (exact) mass is 267 g/mol. The topological polar surface area (TPSA) is 3.24 Å². The first-order valence-corrected chi connectivity index (χ1v) is 7.02. The predicted octanol–water partition coefficient (Wildman–Crippen LogP) is 4.12. The van der Waals surface area contributed by atoms with E-state index in [1.165, 1.54) is 23.3 Å². The van der Waals surface area contributed by atoms with Crippen LogP contribution in [-0.4, -0.2) is 18.0 Å². The van der Waals surface area contributed by atoms with Crippen LogP contribution in [0.3, 0.4) is 0 Å². The summed E-state index contributed by atoms with van der Waals surface area (Å²) in [4.78, 5) is 2.44. The molecular formula is C18H18FN. The maximum absolute atomic E-state index is 13.0. The lowest BCUT2D eigenvalue weighted by atomic mass is 10.0. The smallest absolute Gasteiger partial charge is 0.123 e. The van der Waals surface area contributed by atoms with Crippen LogP contribution in [0.25, 0.3) is 5.57 Å². The first-order valence-electron chi connectivity index (χ1n) is 7.02. The molecule has 0 aromatic heterocycles. The fourth-order valence-electron chi connectivity index (χ4n) is 2.66. The quantitative estimate of drug-likeness (QED) is 0.808. The van der Waals surface area contributed by atoms with E-state index in [0.717, 1.165) is 31.6 Å². The van der Waals surface area contributed by atoms with E-state index in [9.17, 15) is 4.39 Å². The summed E-state index contributed by atoms with van der Waals surface area (Å²) < 4.78 is 13.0. The Bertz CT molecular complexity index is 587. The van der Waals surface area contributed by atoms with Gasteiger partial charge in [-0.15, -0.1) is 0 Å². The molecule has 0 unspecified atom stereocenters. The largest absolute Gasteiger partial charge is 0.295 e. The number of halogens is 1. The molecule has 1 aliphatic rings. The van der Waals surface area contributed by atoms with Gasteiger partial charge in [-0.1, -0.05) is 48.5 Å². The molecule has 0 saturated carbocycles. The molecule has 0 saturated heterocycles. The van der Waals surface area contributed by atoms with Crippen molar-refractivity contribution in [3.05, 3.63) is 77.6 Å². The first kappa shape index (κ1) is 13.1. The minimum atomic E-state index is -0.175. The molecule has 20 heavy (non-hydrogen) atoms. The second kappa shape index (κ2) is 6.02. The number of hydrogen-bond acceptors (Lipinski definition) is 1. The van der Waals surface area contributed by atoms with Crippen LogP contribution in [0.15, 0.2) is 60.7 Å². The molecule has 0 spiro atoms. The van der Waals surface area contributed by atoms with Gasteiger partial charge in [0.15, 0.2) is 0 Å². The Morgan fingerprint density at radius 2 is 1.70 bits per heavy atom. The number of benzene rings is 2. The lowest BCUT2D eigenvalue weighted by Gasteiger charge is -2.27. The molecule has 0 N–H and O–H groups in total. The van der Waals surface area contributed by atoms with E-state index in [1.54, 1.807) is 0 Å². The van der Waals surface area contributed by atoms with Crippen LogP contribution in [-0.2, 0) is 6.54 Å². The zero-order chi connectivity index (χ0) is 13.8. The minimum absolute atomic E-state index is 0.175. The van der Waals surface area contributed by atoms with Crippen LogP contribution in [0.1, 0.15) is 17.5 Å². The normalized spacial score (nSPS) is 15.9.